The highest BCUT2D eigenvalue weighted by Crippen LogP contribution is 2.46. The van der Waals surface area contributed by atoms with Gasteiger partial charge in [0.05, 0.1) is 12.8 Å². The van der Waals surface area contributed by atoms with E-state index in [0.717, 1.165) is 16.7 Å². The normalized spacial score (nSPS) is 14.0. The van der Waals surface area contributed by atoms with Crippen LogP contribution in [0.25, 0.3) is 0 Å². The number of rotatable bonds is 11. The van der Waals surface area contributed by atoms with E-state index in [1.54, 1.807) is 6.07 Å². The van der Waals surface area contributed by atoms with Gasteiger partial charge in [-0.15, -0.1) is 0 Å². The lowest BCUT2D eigenvalue weighted by molar-refractivity contribution is -0.312. The first-order valence-corrected chi connectivity index (χ1v) is 12.2. The van der Waals surface area contributed by atoms with Gasteiger partial charge in [-0.3, -0.25) is 4.79 Å². The highest BCUT2D eigenvalue weighted by Gasteiger charge is 2.48. The van der Waals surface area contributed by atoms with Crippen LogP contribution in [0.5, 0.6) is 5.75 Å². The number of hydrogen-bond donors (Lipinski definition) is 5. The molecule has 0 saturated heterocycles. The molecule has 0 aliphatic carbocycles. The molecule has 0 aromatic heterocycles. The third-order valence-electron chi connectivity index (χ3n) is 6.95. The zero-order valence-corrected chi connectivity index (χ0v) is 21.9. The minimum atomic E-state index is -3.21. The molecule has 0 aliphatic rings. The number of carbonyl (C=O) groups is 2. The van der Waals surface area contributed by atoms with E-state index in [9.17, 15) is 30.0 Å². The summed E-state index contributed by atoms with van der Waals surface area (Å²) in [5.41, 5.74) is -0.931. The first kappa shape index (κ1) is 28.8. The Kier molecular flexibility index (Phi) is 8.02. The van der Waals surface area contributed by atoms with Gasteiger partial charge in [0, 0.05) is 16.4 Å². The molecule has 0 aliphatic heterocycles. The summed E-state index contributed by atoms with van der Waals surface area (Å²) in [7, 11) is 0. The third kappa shape index (κ3) is 6.05. The van der Waals surface area contributed by atoms with E-state index < -0.39 is 47.2 Å². The van der Waals surface area contributed by atoms with Crippen molar-refractivity contribution < 1.29 is 39.9 Å². The van der Waals surface area contributed by atoms with E-state index in [2.05, 4.69) is 0 Å². The Morgan fingerprint density at radius 3 is 1.68 bits per heavy atom. The summed E-state index contributed by atoms with van der Waals surface area (Å²) >= 11 is 0. The molecule has 8 nitrogen and oxygen atoms in total. The van der Waals surface area contributed by atoms with Crippen molar-refractivity contribution in [2.75, 3.05) is 0 Å². The molecule has 3 aromatic carbocycles. The van der Waals surface area contributed by atoms with Crippen LogP contribution in [0.3, 0.4) is 0 Å². The average molecular weight is 523 g/mol. The summed E-state index contributed by atoms with van der Waals surface area (Å²) in [6.07, 6.45) is -2.56. The molecule has 3 aromatic rings. The summed E-state index contributed by atoms with van der Waals surface area (Å²) in [6.45, 7) is 7.99. The van der Waals surface area contributed by atoms with Crippen molar-refractivity contribution in [3.8, 4) is 5.75 Å². The minimum Gasteiger partial charge on any atom is -0.481 e. The maximum absolute atomic E-state index is 11.6. The van der Waals surface area contributed by atoms with Crippen LogP contribution >= 0.6 is 0 Å². The van der Waals surface area contributed by atoms with Crippen LogP contribution in [-0.4, -0.2) is 49.0 Å². The van der Waals surface area contributed by atoms with E-state index in [1.807, 2.05) is 94.4 Å². The van der Waals surface area contributed by atoms with E-state index >= 15 is 0 Å². The third-order valence-corrected chi connectivity index (χ3v) is 6.95. The fraction of sp³-hybridized carbons (Fsp3) is 0.333. The van der Waals surface area contributed by atoms with Crippen molar-refractivity contribution in [3.05, 3.63) is 101 Å². The number of aliphatic hydroxyl groups is 3. The molecule has 0 bridgehead atoms. The van der Waals surface area contributed by atoms with Crippen molar-refractivity contribution in [3.63, 3.8) is 0 Å². The molecule has 38 heavy (non-hydrogen) atoms. The Bertz CT molecular complexity index is 1280. The molecule has 202 valence electrons. The van der Waals surface area contributed by atoms with Gasteiger partial charge in [0.15, 0.2) is 5.60 Å². The number of ether oxygens (including phenoxy) is 1. The largest absolute Gasteiger partial charge is 0.481 e. The highest BCUT2D eigenvalue weighted by molar-refractivity contribution is 5.83. The predicted octanol–water partition coefficient (Wildman–Crippen LogP) is 4.04. The Morgan fingerprint density at radius 2 is 1.21 bits per heavy atom. The van der Waals surface area contributed by atoms with Crippen LogP contribution in [0, 0.1) is 0 Å². The molecule has 0 spiro atoms. The predicted molar refractivity (Wildman–Crippen MR) is 141 cm³/mol. The standard InChI is InChI=1S/C30H34O8/c1-27(2,20-12-7-5-8-13-20)22-16-11-17-23(25(22)28(3,4)21-14-9-6-10-15-21)38-30(36,37)19-29(35,26(33)34)18-24(31)32/h5-17,35-37H,18-19H2,1-4H3,(H,31,32)(H,33,34). The summed E-state index contributed by atoms with van der Waals surface area (Å²) in [5.74, 6) is -6.70. The van der Waals surface area contributed by atoms with Gasteiger partial charge < -0.3 is 30.3 Å². The molecule has 8 heteroatoms. The van der Waals surface area contributed by atoms with E-state index in [-0.39, 0.29) is 5.75 Å². The molecular weight excluding hydrogens is 488 g/mol. The van der Waals surface area contributed by atoms with Crippen molar-refractivity contribution in [2.24, 2.45) is 0 Å². The maximum Gasteiger partial charge on any atom is 0.336 e. The smallest absolute Gasteiger partial charge is 0.336 e. The van der Waals surface area contributed by atoms with Crippen molar-refractivity contribution in [2.45, 2.75) is 62.9 Å². The van der Waals surface area contributed by atoms with E-state index in [4.69, 9.17) is 9.84 Å². The van der Waals surface area contributed by atoms with Crippen molar-refractivity contribution in [1.29, 1.82) is 0 Å². The second-order valence-corrected chi connectivity index (χ2v) is 10.6. The average Bonchev–Trinajstić information content (AvgIpc) is 2.83. The summed E-state index contributed by atoms with van der Waals surface area (Å²) in [6, 6.07) is 24.5. The molecule has 0 saturated carbocycles. The molecule has 0 fully saturated rings. The van der Waals surface area contributed by atoms with Crippen LogP contribution in [0.4, 0.5) is 0 Å². The summed E-state index contributed by atoms with van der Waals surface area (Å²) in [4.78, 5) is 22.8. The van der Waals surface area contributed by atoms with Gasteiger partial charge in [-0.2, -0.15) is 0 Å². The topological polar surface area (TPSA) is 145 Å². The van der Waals surface area contributed by atoms with Gasteiger partial charge in [0.25, 0.3) is 0 Å². The van der Waals surface area contributed by atoms with Gasteiger partial charge in [0.2, 0.25) is 0 Å². The van der Waals surface area contributed by atoms with Crippen LogP contribution in [0.2, 0.25) is 0 Å². The van der Waals surface area contributed by atoms with Crippen molar-refractivity contribution in [1.82, 2.24) is 0 Å². The van der Waals surface area contributed by atoms with Gasteiger partial charge >= 0.3 is 17.9 Å². The van der Waals surface area contributed by atoms with Gasteiger partial charge in [-0.1, -0.05) is 100 Å². The molecule has 5 N–H and O–H groups in total. The molecule has 1 atom stereocenters. The number of aliphatic carboxylic acids is 2. The van der Waals surface area contributed by atoms with Gasteiger partial charge in [-0.05, 0) is 22.8 Å². The van der Waals surface area contributed by atoms with Crippen LogP contribution in [0.15, 0.2) is 78.9 Å². The first-order valence-electron chi connectivity index (χ1n) is 12.2. The second kappa shape index (κ2) is 10.6. The minimum absolute atomic E-state index is 0.0495. The van der Waals surface area contributed by atoms with E-state index in [0.29, 0.717) is 5.56 Å². The number of hydrogen-bond acceptors (Lipinski definition) is 6. The van der Waals surface area contributed by atoms with E-state index in [1.165, 1.54) is 6.07 Å². The Balaban J connectivity index is 2.20. The lowest BCUT2D eigenvalue weighted by Gasteiger charge is -2.38. The van der Waals surface area contributed by atoms with Gasteiger partial charge in [-0.25, -0.2) is 4.79 Å². The zero-order chi connectivity index (χ0) is 28.4. The molecule has 0 amide bonds. The SMILES string of the molecule is CC(C)(c1ccccc1)c1cccc(OC(O)(O)CC(O)(CC(=O)O)C(=O)O)c1C(C)(C)c1ccccc1. The van der Waals surface area contributed by atoms with Gasteiger partial charge in [0.1, 0.15) is 5.75 Å². The lowest BCUT2D eigenvalue weighted by Crippen LogP contribution is -2.51. The number of carboxylic acids is 2. The maximum atomic E-state index is 11.6. The molecule has 1 unspecified atom stereocenters. The Hall–Kier alpha value is -3.72. The molecule has 0 heterocycles. The molecular formula is C30H34O8. The second-order valence-electron chi connectivity index (χ2n) is 10.6. The summed E-state index contributed by atoms with van der Waals surface area (Å²) < 4.78 is 5.63. The van der Waals surface area contributed by atoms with Crippen LogP contribution in [0.1, 0.15) is 62.8 Å². The van der Waals surface area contributed by atoms with Crippen LogP contribution in [-0.2, 0) is 20.4 Å². The Morgan fingerprint density at radius 1 is 0.711 bits per heavy atom. The number of carboxylic acid groups (broad SMARTS) is 2. The quantitative estimate of drug-likeness (QED) is 0.237. The fourth-order valence-electron chi connectivity index (χ4n) is 4.85. The number of benzene rings is 3. The molecule has 0 radical (unpaired) electrons. The lowest BCUT2D eigenvalue weighted by atomic mass is 9.68. The summed E-state index contributed by atoms with van der Waals surface area (Å²) in [5, 5.41) is 50.4. The Labute approximate surface area is 221 Å². The highest BCUT2D eigenvalue weighted by atomic mass is 16.8. The molecule has 3 rings (SSSR count). The van der Waals surface area contributed by atoms with Crippen LogP contribution < -0.4 is 4.74 Å². The zero-order valence-electron chi connectivity index (χ0n) is 21.9. The fourth-order valence-corrected chi connectivity index (χ4v) is 4.85. The first-order chi connectivity index (χ1) is 17.6. The monoisotopic (exact) mass is 522 g/mol. The van der Waals surface area contributed by atoms with Crippen molar-refractivity contribution >= 4 is 11.9 Å².